The summed E-state index contributed by atoms with van der Waals surface area (Å²) < 4.78 is 7.02. The Balaban J connectivity index is 1.51. The predicted octanol–water partition coefficient (Wildman–Crippen LogP) is 6.80. The highest BCUT2D eigenvalue weighted by Crippen LogP contribution is 2.37. The number of ether oxygens (including phenoxy) is 1. The van der Waals surface area contributed by atoms with E-state index in [9.17, 15) is 9.59 Å². The number of benzene rings is 1. The molecule has 0 aliphatic rings. The molecule has 3 aromatic heterocycles. The Morgan fingerprint density at radius 1 is 1.11 bits per heavy atom. The number of thioether (sulfide) groups is 1. The first-order chi connectivity index (χ1) is 17.4. The van der Waals surface area contributed by atoms with Gasteiger partial charge in [0.2, 0.25) is 5.91 Å². The van der Waals surface area contributed by atoms with E-state index in [0.717, 1.165) is 23.4 Å². The molecule has 7 nitrogen and oxygen atoms in total. The van der Waals surface area contributed by atoms with Crippen LogP contribution < -0.4 is 5.32 Å². The number of hydrogen-bond donors (Lipinski definition) is 1. The molecule has 1 amide bonds. The molecule has 0 radical (unpaired) electrons. The van der Waals surface area contributed by atoms with Crippen molar-refractivity contribution >= 4 is 62.9 Å². The van der Waals surface area contributed by atoms with Crippen LogP contribution in [0.5, 0.6) is 0 Å². The van der Waals surface area contributed by atoms with Crippen molar-refractivity contribution in [2.24, 2.45) is 0 Å². The van der Waals surface area contributed by atoms with Crippen LogP contribution in [-0.4, -0.2) is 39.5 Å². The number of aromatic nitrogens is 3. The molecule has 0 saturated carbocycles. The first-order valence-corrected chi connectivity index (χ1v) is 14.4. The summed E-state index contributed by atoms with van der Waals surface area (Å²) in [6.45, 7) is 6.97. The number of nitrogens with zero attached hydrogens (tertiary/aromatic N) is 3. The zero-order valence-electron chi connectivity index (χ0n) is 20.3. The Hall–Kier alpha value is -2.66. The summed E-state index contributed by atoms with van der Waals surface area (Å²) in [5.74, 6) is 0.177. The Kier molecular flexibility index (Phi) is 8.50. The molecule has 3 heterocycles. The lowest BCUT2D eigenvalue weighted by molar-refractivity contribution is -0.113. The first kappa shape index (κ1) is 26.4. The topological polar surface area (TPSA) is 86.1 Å². The van der Waals surface area contributed by atoms with E-state index in [4.69, 9.17) is 16.3 Å². The number of anilines is 1. The summed E-state index contributed by atoms with van der Waals surface area (Å²) in [6.07, 6.45) is 0.924. The van der Waals surface area contributed by atoms with Crippen LogP contribution in [0.4, 0.5) is 5.00 Å². The maximum absolute atomic E-state index is 12.9. The monoisotopic (exact) mass is 560 g/mol. The predicted molar refractivity (Wildman–Crippen MR) is 149 cm³/mol. The number of amides is 1. The number of esters is 1. The van der Waals surface area contributed by atoms with Crippen molar-refractivity contribution in [3.63, 3.8) is 0 Å². The quantitative estimate of drug-likeness (QED) is 0.179. The molecule has 0 aliphatic carbocycles. The van der Waals surface area contributed by atoms with Crippen molar-refractivity contribution < 1.29 is 14.3 Å². The molecule has 0 unspecified atom stereocenters. The van der Waals surface area contributed by atoms with Crippen LogP contribution in [0, 0.1) is 6.92 Å². The third-order valence-electron chi connectivity index (χ3n) is 5.65. The summed E-state index contributed by atoms with van der Waals surface area (Å²) in [7, 11) is 1.32. The fraction of sp³-hybridized carbons (Fsp3) is 0.280. The van der Waals surface area contributed by atoms with Gasteiger partial charge in [0, 0.05) is 38.3 Å². The van der Waals surface area contributed by atoms with Crippen LogP contribution in [0.15, 0.2) is 40.2 Å². The Morgan fingerprint density at radius 3 is 2.50 bits per heavy atom. The van der Waals surface area contributed by atoms with E-state index in [1.54, 1.807) is 23.5 Å². The second-order valence-electron chi connectivity index (χ2n) is 7.78. The van der Waals surface area contributed by atoms with Gasteiger partial charge in [-0.05, 0) is 43.5 Å². The van der Waals surface area contributed by atoms with Crippen LogP contribution in [0.3, 0.4) is 0 Å². The first-order valence-electron chi connectivity index (χ1n) is 11.3. The van der Waals surface area contributed by atoms with Crippen molar-refractivity contribution in [2.75, 3.05) is 18.2 Å². The number of hydrogen-bond acceptors (Lipinski definition) is 8. The third-order valence-corrected chi connectivity index (χ3v) is 8.72. The minimum atomic E-state index is -0.516. The number of carbonyl (C=O) groups is 2. The van der Waals surface area contributed by atoms with E-state index >= 15 is 0 Å². The third kappa shape index (κ3) is 5.36. The molecule has 0 atom stereocenters. The van der Waals surface area contributed by atoms with Gasteiger partial charge in [0.15, 0.2) is 11.0 Å². The fourth-order valence-electron chi connectivity index (χ4n) is 3.88. The van der Waals surface area contributed by atoms with Crippen molar-refractivity contribution in [2.45, 2.75) is 38.9 Å². The molecule has 11 heteroatoms. The number of halogens is 1. The Labute approximate surface area is 226 Å². The number of rotatable bonds is 9. The minimum absolute atomic E-state index is 0.121. The van der Waals surface area contributed by atoms with E-state index in [0.29, 0.717) is 32.9 Å². The summed E-state index contributed by atoms with van der Waals surface area (Å²) in [5.41, 5.74) is 4.19. The molecule has 0 fully saturated rings. The van der Waals surface area contributed by atoms with Crippen molar-refractivity contribution in [3.8, 4) is 22.5 Å². The molecular weight excluding hydrogens is 536 g/mol. The molecule has 36 heavy (non-hydrogen) atoms. The fourth-order valence-corrected chi connectivity index (χ4v) is 6.72. The van der Waals surface area contributed by atoms with Gasteiger partial charge in [-0.15, -0.1) is 32.9 Å². The van der Waals surface area contributed by atoms with Gasteiger partial charge < -0.3 is 14.6 Å². The maximum Gasteiger partial charge on any atom is 0.341 e. The SMILES string of the molecule is CCc1c(-c2nnc(SCC(=O)Nc3scc(-c4ccc(Cl)cc4)c3C(=O)OC)n2CC)csc1C. The summed E-state index contributed by atoms with van der Waals surface area (Å²) in [4.78, 5) is 26.7. The van der Waals surface area contributed by atoms with Crippen LogP contribution in [0.1, 0.15) is 34.6 Å². The number of carbonyl (C=O) groups excluding carboxylic acids is 2. The van der Waals surface area contributed by atoms with Crippen molar-refractivity contribution in [1.29, 1.82) is 0 Å². The van der Waals surface area contributed by atoms with Gasteiger partial charge in [-0.3, -0.25) is 4.79 Å². The van der Waals surface area contributed by atoms with Crippen molar-refractivity contribution in [1.82, 2.24) is 14.8 Å². The highest BCUT2D eigenvalue weighted by Gasteiger charge is 2.23. The smallest absolute Gasteiger partial charge is 0.341 e. The standard InChI is InChI=1S/C25H25ClN4O3S3/c1-5-17-14(3)34-12-19(17)22-28-29-25(30(22)6-2)36-13-20(31)27-23-21(24(32)33-4)18(11-35-23)15-7-9-16(26)10-8-15/h7-12H,5-6,13H2,1-4H3,(H,27,31). The Morgan fingerprint density at radius 2 is 1.83 bits per heavy atom. The average Bonchev–Trinajstić information content (AvgIpc) is 3.58. The number of thiophene rings is 2. The molecule has 1 aromatic carbocycles. The molecule has 0 saturated heterocycles. The van der Waals surface area contributed by atoms with Crippen molar-refractivity contribution in [3.05, 3.63) is 56.1 Å². The van der Waals surface area contributed by atoms with Crippen LogP contribution in [-0.2, 0) is 22.5 Å². The number of methoxy groups -OCH3 is 1. The summed E-state index contributed by atoms with van der Waals surface area (Å²) >= 11 is 10.3. The van der Waals surface area contributed by atoms with Gasteiger partial charge in [0.1, 0.15) is 10.6 Å². The van der Waals surface area contributed by atoms with Crippen LogP contribution >= 0.6 is 46.0 Å². The zero-order valence-corrected chi connectivity index (χ0v) is 23.5. The van der Waals surface area contributed by atoms with Gasteiger partial charge in [-0.2, -0.15) is 0 Å². The zero-order chi connectivity index (χ0) is 25.8. The second-order valence-corrected chi connectivity index (χ2v) is 11.1. The normalized spacial score (nSPS) is 11.0. The van der Waals surface area contributed by atoms with Gasteiger partial charge >= 0.3 is 5.97 Å². The van der Waals surface area contributed by atoms with Crippen LogP contribution in [0.25, 0.3) is 22.5 Å². The van der Waals surface area contributed by atoms with Gasteiger partial charge in [0.05, 0.1) is 12.9 Å². The largest absolute Gasteiger partial charge is 0.465 e. The van der Waals surface area contributed by atoms with Gasteiger partial charge in [0.25, 0.3) is 0 Å². The lowest BCUT2D eigenvalue weighted by Crippen LogP contribution is -2.16. The molecule has 188 valence electrons. The van der Waals surface area contributed by atoms with E-state index < -0.39 is 5.97 Å². The highest BCUT2D eigenvalue weighted by atomic mass is 35.5. The lowest BCUT2D eigenvalue weighted by atomic mass is 10.0. The molecule has 0 spiro atoms. The molecular formula is C25H25ClN4O3S3. The average molecular weight is 561 g/mol. The molecule has 1 N–H and O–H groups in total. The second kappa shape index (κ2) is 11.6. The Bertz CT molecular complexity index is 1390. The van der Waals surface area contributed by atoms with E-state index in [1.165, 1.54) is 40.6 Å². The molecule has 4 rings (SSSR count). The number of aryl methyl sites for hydroxylation is 1. The summed E-state index contributed by atoms with van der Waals surface area (Å²) in [5, 5.41) is 17.3. The van der Waals surface area contributed by atoms with Gasteiger partial charge in [-0.25, -0.2) is 4.79 Å². The van der Waals surface area contributed by atoms with E-state index in [1.807, 2.05) is 29.0 Å². The molecule has 0 aliphatic heterocycles. The van der Waals surface area contributed by atoms with Gasteiger partial charge in [-0.1, -0.05) is 42.4 Å². The maximum atomic E-state index is 12.9. The van der Waals surface area contributed by atoms with E-state index in [-0.39, 0.29) is 11.7 Å². The summed E-state index contributed by atoms with van der Waals surface area (Å²) in [6, 6.07) is 7.16. The highest BCUT2D eigenvalue weighted by molar-refractivity contribution is 7.99. The molecule has 4 aromatic rings. The van der Waals surface area contributed by atoms with E-state index in [2.05, 4.69) is 34.7 Å². The number of nitrogens with one attached hydrogen (secondary N) is 1. The minimum Gasteiger partial charge on any atom is -0.465 e. The molecule has 0 bridgehead atoms. The van der Waals surface area contributed by atoms with Crippen LogP contribution in [0.2, 0.25) is 5.02 Å². The lowest BCUT2D eigenvalue weighted by Gasteiger charge is -2.09.